The molecule has 0 saturated carbocycles. The Labute approximate surface area is 109 Å². The molecule has 1 aromatic rings. The summed E-state index contributed by atoms with van der Waals surface area (Å²) in [7, 11) is 7.30. The summed E-state index contributed by atoms with van der Waals surface area (Å²) in [6, 6.07) is 8.09. The zero-order valence-corrected chi connectivity index (χ0v) is 11.4. The monoisotopic (exact) mass is 248 g/mol. The lowest BCUT2D eigenvalue weighted by Crippen LogP contribution is -2.20. The van der Waals surface area contributed by atoms with Gasteiger partial charge < -0.3 is 14.4 Å². The zero-order valence-electron chi connectivity index (χ0n) is 11.4. The first-order valence-electron chi connectivity index (χ1n) is 5.89. The van der Waals surface area contributed by atoms with Crippen LogP contribution >= 0.6 is 0 Å². The molecule has 0 aliphatic carbocycles. The first-order valence-corrected chi connectivity index (χ1v) is 5.89. The summed E-state index contributed by atoms with van der Waals surface area (Å²) in [6.07, 6.45) is 1.29. The Bertz CT molecular complexity index is 424. The van der Waals surface area contributed by atoms with Crippen LogP contribution in [0.1, 0.15) is 24.4 Å². The van der Waals surface area contributed by atoms with Crippen molar-refractivity contribution in [2.45, 2.75) is 18.9 Å². The molecule has 4 nitrogen and oxygen atoms in total. The first kappa shape index (κ1) is 14.3. The molecule has 0 aliphatic heterocycles. The van der Waals surface area contributed by atoms with E-state index in [-0.39, 0.29) is 6.04 Å². The lowest BCUT2D eigenvalue weighted by Gasteiger charge is -2.26. The van der Waals surface area contributed by atoms with Crippen molar-refractivity contribution in [3.63, 3.8) is 0 Å². The normalized spacial score (nSPS) is 12.0. The fraction of sp³-hybridized carbons (Fsp3) is 0.500. The van der Waals surface area contributed by atoms with Crippen LogP contribution in [0.3, 0.4) is 0 Å². The number of nitrogens with zero attached hydrogens (tertiary/aromatic N) is 2. The first-order chi connectivity index (χ1) is 8.63. The average Bonchev–Trinajstić information content (AvgIpc) is 2.38. The molecule has 98 valence electrons. The van der Waals surface area contributed by atoms with E-state index in [1.807, 2.05) is 32.3 Å². The Balaban J connectivity index is 3.12. The van der Waals surface area contributed by atoms with Crippen LogP contribution in [0.25, 0.3) is 0 Å². The topological polar surface area (TPSA) is 45.5 Å². The van der Waals surface area contributed by atoms with Crippen molar-refractivity contribution in [2.24, 2.45) is 0 Å². The number of hydrogen-bond donors (Lipinski definition) is 0. The van der Waals surface area contributed by atoms with E-state index < -0.39 is 0 Å². The maximum atomic E-state index is 8.75. The highest BCUT2D eigenvalue weighted by molar-refractivity contribution is 5.42. The van der Waals surface area contributed by atoms with Crippen LogP contribution in [0.2, 0.25) is 0 Å². The summed E-state index contributed by atoms with van der Waals surface area (Å²) in [5, 5.41) is 8.75. The van der Waals surface area contributed by atoms with Gasteiger partial charge in [-0.15, -0.1) is 0 Å². The summed E-state index contributed by atoms with van der Waals surface area (Å²) in [5.74, 6) is 1.63. The Kier molecular flexibility index (Phi) is 5.47. The minimum Gasteiger partial charge on any atom is -0.497 e. The van der Waals surface area contributed by atoms with E-state index >= 15 is 0 Å². The van der Waals surface area contributed by atoms with Crippen molar-refractivity contribution in [1.29, 1.82) is 5.26 Å². The van der Waals surface area contributed by atoms with Gasteiger partial charge in [-0.2, -0.15) is 5.26 Å². The Morgan fingerprint density at radius 1 is 1.28 bits per heavy atom. The second-order valence-electron chi connectivity index (χ2n) is 4.28. The zero-order chi connectivity index (χ0) is 13.5. The van der Waals surface area contributed by atoms with Crippen molar-refractivity contribution in [3.8, 4) is 17.6 Å². The fourth-order valence-electron chi connectivity index (χ4n) is 1.99. The number of hydrogen-bond acceptors (Lipinski definition) is 4. The van der Waals surface area contributed by atoms with Gasteiger partial charge in [-0.1, -0.05) is 0 Å². The van der Waals surface area contributed by atoms with E-state index in [0.717, 1.165) is 23.5 Å². The molecule has 0 aliphatic rings. The summed E-state index contributed by atoms with van der Waals surface area (Å²) in [5.41, 5.74) is 1.05. The van der Waals surface area contributed by atoms with Crippen molar-refractivity contribution in [2.75, 3.05) is 28.3 Å². The van der Waals surface area contributed by atoms with E-state index in [1.165, 1.54) is 0 Å². The number of rotatable bonds is 6. The Morgan fingerprint density at radius 3 is 2.50 bits per heavy atom. The summed E-state index contributed by atoms with van der Waals surface area (Å²) >= 11 is 0. The third kappa shape index (κ3) is 3.38. The van der Waals surface area contributed by atoms with Gasteiger partial charge in [0.25, 0.3) is 0 Å². The molecule has 4 heteroatoms. The van der Waals surface area contributed by atoms with Gasteiger partial charge in [-0.3, -0.25) is 0 Å². The molecule has 0 amide bonds. The van der Waals surface area contributed by atoms with Crippen molar-refractivity contribution in [1.82, 2.24) is 4.90 Å². The van der Waals surface area contributed by atoms with Crippen LogP contribution in [-0.2, 0) is 0 Å². The predicted octanol–water partition coefficient (Wildman–Crippen LogP) is 2.61. The minimum absolute atomic E-state index is 0.148. The highest BCUT2D eigenvalue weighted by atomic mass is 16.5. The molecule has 18 heavy (non-hydrogen) atoms. The third-order valence-corrected chi connectivity index (χ3v) is 2.95. The second kappa shape index (κ2) is 6.87. The Morgan fingerprint density at radius 2 is 2.00 bits per heavy atom. The molecule has 1 rings (SSSR count). The third-order valence-electron chi connectivity index (χ3n) is 2.95. The van der Waals surface area contributed by atoms with Crippen LogP contribution in [0.15, 0.2) is 18.2 Å². The molecule has 0 fully saturated rings. The van der Waals surface area contributed by atoms with Crippen LogP contribution in [0.4, 0.5) is 0 Å². The van der Waals surface area contributed by atoms with E-state index in [4.69, 9.17) is 14.7 Å². The molecule has 1 aromatic carbocycles. The predicted molar refractivity (Wildman–Crippen MR) is 70.8 cm³/mol. The van der Waals surface area contributed by atoms with E-state index in [9.17, 15) is 0 Å². The van der Waals surface area contributed by atoms with Gasteiger partial charge >= 0.3 is 0 Å². The van der Waals surface area contributed by atoms with Gasteiger partial charge in [0, 0.05) is 18.0 Å². The van der Waals surface area contributed by atoms with Gasteiger partial charge in [-0.25, -0.2) is 0 Å². The number of benzene rings is 1. The number of methoxy groups -OCH3 is 2. The van der Waals surface area contributed by atoms with Crippen LogP contribution in [-0.4, -0.2) is 33.2 Å². The average molecular weight is 248 g/mol. The molecular formula is C14H20N2O2. The maximum absolute atomic E-state index is 8.75. The van der Waals surface area contributed by atoms with Crippen LogP contribution < -0.4 is 9.47 Å². The lowest BCUT2D eigenvalue weighted by atomic mass is 10.00. The molecule has 0 spiro atoms. The number of ether oxygens (including phenoxy) is 2. The lowest BCUT2D eigenvalue weighted by molar-refractivity contribution is 0.275. The quantitative estimate of drug-likeness (QED) is 0.776. The van der Waals surface area contributed by atoms with Crippen LogP contribution in [0.5, 0.6) is 11.5 Å². The van der Waals surface area contributed by atoms with Gasteiger partial charge in [0.05, 0.1) is 20.3 Å². The summed E-state index contributed by atoms with van der Waals surface area (Å²) in [6.45, 7) is 0. The molecule has 0 saturated heterocycles. The van der Waals surface area contributed by atoms with E-state index in [2.05, 4.69) is 11.0 Å². The van der Waals surface area contributed by atoms with Gasteiger partial charge in [0.15, 0.2) is 0 Å². The van der Waals surface area contributed by atoms with Gasteiger partial charge in [0.1, 0.15) is 11.5 Å². The minimum atomic E-state index is 0.148. The van der Waals surface area contributed by atoms with Crippen LogP contribution in [0, 0.1) is 11.3 Å². The highest BCUT2D eigenvalue weighted by Crippen LogP contribution is 2.34. The van der Waals surface area contributed by atoms with Crippen molar-refractivity contribution >= 4 is 0 Å². The maximum Gasteiger partial charge on any atom is 0.123 e. The largest absolute Gasteiger partial charge is 0.497 e. The van der Waals surface area contributed by atoms with Crippen molar-refractivity contribution in [3.05, 3.63) is 23.8 Å². The summed E-state index contributed by atoms with van der Waals surface area (Å²) < 4.78 is 10.6. The molecule has 0 aromatic heterocycles. The van der Waals surface area contributed by atoms with E-state index in [0.29, 0.717) is 6.42 Å². The second-order valence-corrected chi connectivity index (χ2v) is 4.28. The molecule has 1 unspecified atom stereocenters. The highest BCUT2D eigenvalue weighted by Gasteiger charge is 2.18. The Hall–Kier alpha value is -1.73. The molecular weight excluding hydrogens is 228 g/mol. The molecule has 1 atom stereocenters. The number of nitriles is 1. The van der Waals surface area contributed by atoms with E-state index in [1.54, 1.807) is 14.2 Å². The van der Waals surface area contributed by atoms with Crippen molar-refractivity contribution < 1.29 is 9.47 Å². The smallest absolute Gasteiger partial charge is 0.123 e. The molecule has 0 heterocycles. The standard InChI is InChI=1S/C14H20N2O2/c1-16(2)13(6-5-9-15)12-10-11(17-3)7-8-14(12)18-4/h7-8,10,13H,5-6H2,1-4H3. The fourth-order valence-corrected chi connectivity index (χ4v) is 1.99. The molecule has 0 N–H and O–H groups in total. The van der Waals surface area contributed by atoms with Gasteiger partial charge in [-0.05, 0) is 38.7 Å². The summed E-state index contributed by atoms with van der Waals surface area (Å²) in [4.78, 5) is 2.09. The van der Waals surface area contributed by atoms with Gasteiger partial charge in [0.2, 0.25) is 0 Å². The SMILES string of the molecule is COc1ccc(OC)c(C(CCC#N)N(C)C)c1. The molecule has 0 bridgehead atoms. The molecule has 0 radical (unpaired) electrons.